The predicted octanol–water partition coefficient (Wildman–Crippen LogP) is 13.4. The molecule has 0 atom stereocenters. The summed E-state index contributed by atoms with van der Waals surface area (Å²) in [6, 6.07) is 60.9. The molecule has 0 aliphatic rings. The van der Waals surface area contributed by atoms with Gasteiger partial charge in [0.2, 0.25) is 5.71 Å². The SMILES string of the molecule is CC(C)Cc1cc(-c2[c-]cccc2)ncc1[Si](C)(C)C.[Ir].[c-]1ccc2c(oc3ncccc32)c1-c1nc2ccccc2n1-c1c(-c2ccccc2)cccc1-c1ccccc1. The van der Waals surface area contributed by atoms with Crippen molar-refractivity contribution in [3.63, 3.8) is 0 Å². The summed E-state index contributed by atoms with van der Waals surface area (Å²) in [5.41, 5.74) is 13.2. The van der Waals surface area contributed by atoms with Gasteiger partial charge in [-0.2, -0.15) is 0 Å². The molecule has 0 saturated heterocycles. The van der Waals surface area contributed by atoms with Gasteiger partial charge in [-0.25, -0.2) is 4.98 Å². The van der Waals surface area contributed by atoms with Gasteiger partial charge in [0.25, 0.3) is 0 Å². The molecule has 0 fully saturated rings. The molecule has 0 bridgehead atoms. The fraction of sp³-hybridized carbons (Fsp3) is 0.130. The molecule has 4 aromatic heterocycles. The third kappa shape index (κ3) is 8.42. The number of imidazole rings is 1. The second kappa shape index (κ2) is 17.8. The summed E-state index contributed by atoms with van der Waals surface area (Å²) in [6.07, 6.45) is 4.99. The number of furan rings is 1. The van der Waals surface area contributed by atoms with Gasteiger partial charge in [0.15, 0.2) is 0 Å². The zero-order chi connectivity index (χ0) is 41.2. The quantitative estimate of drug-likeness (QED) is 0.112. The van der Waals surface area contributed by atoms with Crippen LogP contribution >= 0.6 is 0 Å². The van der Waals surface area contributed by atoms with Crippen LogP contribution in [0.1, 0.15) is 19.4 Å². The molecule has 0 unspecified atom stereocenters. The zero-order valence-corrected chi connectivity index (χ0v) is 38.4. The Morgan fingerprint density at radius 2 is 1.36 bits per heavy atom. The van der Waals surface area contributed by atoms with Crippen LogP contribution in [0.5, 0.6) is 0 Å². The number of benzene rings is 6. The second-order valence-corrected chi connectivity index (χ2v) is 21.6. The molecule has 5 nitrogen and oxygen atoms in total. The molecular weight excluding hydrogens is 941 g/mol. The Balaban J connectivity index is 0.000000208. The van der Waals surface area contributed by atoms with E-state index in [1.807, 2.05) is 60.7 Å². The molecule has 0 N–H and O–H groups in total. The number of aromatic nitrogens is 4. The van der Waals surface area contributed by atoms with Crippen LogP contribution in [0.4, 0.5) is 0 Å². The monoisotopic (exact) mass is 987 g/mol. The van der Waals surface area contributed by atoms with Gasteiger partial charge >= 0.3 is 0 Å². The van der Waals surface area contributed by atoms with Crippen LogP contribution < -0.4 is 5.19 Å². The van der Waals surface area contributed by atoms with Gasteiger partial charge in [0.1, 0.15) is 0 Å². The van der Waals surface area contributed by atoms with Gasteiger partial charge in [0, 0.05) is 49.0 Å². The van der Waals surface area contributed by atoms with Crippen LogP contribution in [-0.2, 0) is 26.5 Å². The zero-order valence-electron chi connectivity index (χ0n) is 35.0. The van der Waals surface area contributed by atoms with Crippen LogP contribution in [0.15, 0.2) is 175 Å². The third-order valence-corrected chi connectivity index (χ3v) is 12.9. The van der Waals surface area contributed by atoms with Gasteiger partial charge in [-0.15, -0.1) is 54.1 Å². The van der Waals surface area contributed by atoms with Crippen molar-refractivity contribution < 1.29 is 24.5 Å². The molecule has 10 rings (SSSR count). The maximum absolute atomic E-state index is 6.36. The van der Waals surface area contributed by atoms with E-state index in [2.05, 4.69) is 163 Å². The summed E-state index contributed by atoms with van der Waals surface area (Å²) in [6.45, 7) is 11.7. The minimum atomic E-state index is -1.34. The summed E-state index contributed by atoms with van der Waals surface area (Å²) in [5, 5.41) is 3.46. The summed E-state index contributed by atoms with van der Waals surface area (Å²) < 4.78 is 8.63. The van der Waals surface area contributed by atoms with E-state index in [0.717, 1.165) is 84.4 Å². The Bertz CT molecular complexity index is 3020. The van der Waals surface area contributed by atoms with Crippen molar-refractivity contribution in [1.29, 1.82) is 0 Å². The largest absolute Gasteiger partial charge is 0.486 e. The van der Waals surface area contributed by atoms with E-state index in [1.165, 1.54) is 10.8 Å². The number of hydrogen-bond acceptors (Lipinski definition) is 4. The van der Waals surface area contributed by atoms with Gasteiger partial charge in [-0.3, -0.25) is 4.98 Å². The van der Waals surface area contributed by atoms with E-state index < -0.39 is 8.07 Å². The molecule has 0 aliphatic heterocycles. The molecule has 303 valence electrons. The van der Waals surface area contributed by atoms with Crippen molar-refractivity contribution in [2.24, 2.45) is 5.92 Å². The summed E-state index contributed by atoms with van der Waals surface area (Å²) in [5.74, 6) is 1.44. The Hall–Kier alpha value is -6.24. The van der Waals surface area contributed by atoms with E-state index in [0.29, 0.717) is 11.6 Å². The Labute approximate surface area is 372 Å². The molecule has 0 amide bonds. The van der Waals surface area contributed by atoms with Gasteiger partial charge in [-0.05, 0) is 58.6 Å². The fourth-order valence-corrected chi connectivity index (χ4v) is 9.72. The first-order valence-electron chi connectivity index (χ1n) is 20.6. The number of hydrogen-bond donors (Lipinski definition) is 0. The fourth-order valence-electron chi connectivity index (χ4n) is 8.13. The standard InChI is InChI=1S/C36H22N3O.C18H24NSi.Ir/c1-3-12-24(13-4-1)26-16-9-17-27(25-14-5-2-6-15-25)33(26)39-32-22-8-7-21-31(32)38-35(39)30-19-10-18-28-29-20-11-23-37-36(29)40-34(28)30;1-14(2)11-16-12-17(15-9-7-6-8-10-15)19-13-18(16)20(3,4)5;/h1-18,20-23H;6-9,12-14H,11H2,1-5H3;/q2*-1;. The van der Waals surface area contributed by atoms with Gasteiger partial charge in [0.05, 0.1) is 36.2 Å². The van der Waals surface area contributed by atoms with E-state index in [4.69, 9.17) is 9.40 Å². The maximum Gasteiger partial charge on any atom is 0.216 e. The van der Waals surface area contributed by atoms with Gasteiger partial charge in [-0.1, -0.05) is 147 Å². The number of nitrogens with zero attached hydrogens (tertiary/aromatic N) is 4. The Morgan fingerprint density at radius 1 is 0.672 bits per heavy atom. The number of rotatable bonds is 8. The topological polar surface area (TPSA) is 56.7 Å². The molecule has 0 saturated carbocycles. The van der Waals surface area contributed by atoms with Crippen molar-refractivity contribution in [2.45, 2.75) is 39.9 Å². The molecule has 0 spiro atoms. The van der Waals surface area contributed by atoms with Crippen molar-refractivity contribution in [1.82, 2.24) is 19.5 Å². The Morgan fingerprint density at radius 3 is 2.03 bits per heavy atom. The van der Waals surface area contributed by atoms with E-state index in [9.17, 15) is 0 Å². The van der Waals surface area contributed by atoms with Crippen molar-refractivity contribution in [3.05, 3.63) is 188 Å². The molecule has 7 heteroatoms. The molecule has 61 heavy (non-hydrogen) atoms. The maximum atomic E-state index is 6.36. The molecular formula is C54H46IrN4OSi-2. The molecule has 0 aliphatic carbocycles. The van der Waals surface area contributed by atoms with Crippen molar-refractivity contribution in [2.75, 3.05) is 0 Å². The molecule has 4 heterocycles. The van der Waals surface area contributed by atoms with Crippen LogP contribution in [0.2, 0.25) is 19.6 Å². The van der Waals surface area contributed by atoms with Gasteiger partial charge < -0.3 is 14.0 Å². The van der Waals surface area contributed by atoms with E-state index >= 15 is 0 Å². The summed E-state index contributed by atoms with van der Waals surface area (Å²) >= 11 is 0. The average molecular weight is 987 g/mol. The molecule has 10 aromatic rings. The Kier molecular flexibility index (Phi) is 12.1. The van der Waals surface area contributed by atoms with E-state index in [1.54, 1.807) is 6.20 Å². The average Bonchev–Trinajstić information content (AvgIpc) is 3.86. The molecule has 6 aromatic carbocycles. The number of pyridine rings is 2. The first-order chi connectivity index (χ1) is 29.2. The number of para-hydroxylation sites is 3. The minimum absolute atomic E-state index is 0. The normalized spacial score (nSPS) is 11.4. The molecule has 1 radical (unpaired) electrons. The van der Waals surface area contributed by atoms with Crippen molar-refractivity contribution >= 4 is 46.4 Å². The van der Waals surface area contributed by atoms with E-state index in [-0.39, 0.29) is 20.1 Å². The smallest absolute Gasteiger partial charge is 0.216 e. The predicted molar refractivity (Wildman–Crippen MR) is 251 cm³/mol. The van der Waals surface area contributed by atoms with Crippen LogP contribution in [0.3, 0.4) is 0 Å². The summed E-state index contributed by atoms with van der Waals surface area (Å²) in [7, 11) is -1.34. The second-order valence-electron chi connectivity index (χ2n) is 16.6. The first-order valence-corrected chi connectivity index (χ1v) is 24.1. The third-order valence-electron chi connectivity index (χ3n) is 10.8. The van der Waals surface area contributed by atoms with Crippen LogP contribution in [0, 0.1) is 18.1 Å². The first kappa shape index (κ1) is 41.5. The number of fused-ring (bicyclic) bond motifs is 4. The van der Waals surface area contributed by atoms with Crippen molar-refractivity contribution in [3.8, 4) is 50.6 Å². The summed E-state index contributed by atoms with van der Waals surface area (Å²) in [4.78, 5) is 14.4. The van der Waals surface area contributed by atoms with Crippen LogP contribution in [0.25, 0.3) is 83.7 Å². The van der Waals surface area contributed by atoms with Crippen LogP contribution in [-0.4, -0.2) is 27.6 Å². The minimum Gasteiger partial charge on any atom is -0.486 e.